The highest BCUT2D eigenvalue weighted by molar-refractivity contribution is 7.84. The number of hydrogen-bond acceptors (Lipinski definition) is 3. The molecule has 0 aliphatic heterocycles. The maximum atomic E-state index is 12.3. The molecule has 1 atom stereocenters. The highest BCUT2D eigenvalue weighted by Gasteiger charge is 2.15. The number of carbonyl (C=O) groups is 1. The number of aryl methyl sites for hydroxylation is 1. The number of aromatic carboxylic acids is 1. The number of hydrogen-bond donors (Lipinski definition) is 1. The second kappa shape index (κ2) is 5.75. The maximum Gasteiger partial charge on any atom is 0.336 e. The van der Waals surface area contributed by atoms with Gasteiger partial charge >= 0.3 is 5.97 Å². The van der Waals surface area contributed by atoms with Crippen LogP contribution in [0.2, 0.25) is 0 Å². The molecule has 5 heteroatoms. The number of rotatable bonds is 4. The van der Waals surface area contributed by atoms with Crippen molar-refractivity contribution in [3.8, 4) is 0 Å². The Labute approximate surface area is 113 Å². The molecular weight excluding hydrogens is 262 g/mol. The van der Waals surface area contributed by atoms with Gasteiger partial charge in [-0.25, -0.2) is 4.79 Å². The van der Waals surface area contributed by atoms with Gasteiger partial charge in [0.15, 0.2) is 0 Å². The first kappa shape index (κ1) is 13.4. The molecule has 1 aromatic carbocycles. The van der Waals surface area contributed by atoms with Gasteiger partial charge in [0.05, 0.1) is 32.7 Å². The lowest BCUT2D eigenvalue weighted by Crippen LogP contribution is -2.06. The van der Waals surface area contributed by atoms with Gasteiger partial charge in [0.25, 0.3) is 0 Å². The summed E-state index contributed by atoms with van der Waals surface area (Å²) in [5, 5.41) is 9.07. The van der Waals surface area contributed by atoms with Crippen molar-refractivity contribution in [3.63, 3.8) is 0 Å². The van der Waals surface area contributed by atoms with Crippen LogP contribution >= 0.6 is 0 Å². The zero-order valence-corrected chi connectivity index (χ0v) is 11.2. The minimum atomic E-state index is -1.42. The van der Waals surface area contributed by atoms with Crippen LogP contribution in [0.15, 0.2) is 47.4 Å². The second-order valence-electron chi connectivity index (χ2n) is 4.06. The van der Waals surface area contributed by atoms with E-state index in [-0.39, 0.29) is 11.3 Å². The Morgan fingerprint density at radius 1 is 1.21 bits per heavy atom. The average molecular weight is 275 g/mol. The Kier molecular flexibility index (Phi) is 4.06. The summed E-state index contributed by atoms with van der Waals surface area (Å²) >= 11 is 0. The van der Waals surface area contributed by atoms with E-state index < -0.39 is 16.8 Å². The monoisotopic (exact) mass is 275 g/mol. The SMILES string of the molecule is Cc1cccc(CS(=O)c2ccccc2C(=O)O)n1. The van der Waals surface area contributed by atoms with E-state index in [4.69, 9.17) is 5.11 Å². The fourth-order valence-electron chi connectivity index (χ4n) is 1.73. The molecule has 0 bridgehead atoms. The zero-order chi connectivity index (χ0) is 13.8. The number of carboxylic acids is 1. The maximum absolute atomic E-state index is 12.3. The van der Waals surface area contributed by atoms with E-state index in [0.29, 0.717) is 10.6 Å². The Morgan fingerprint density at radius 2 is 1.95 bits per heavy atom. The summed E-state index contributed by atoms with van der Waals surface area (Å²) in [5.41, 5.74) is 1.62. The van der Waals surface area contributed by atoms with Crippen LogP contribution in [0, 0.1) is 6.92 Å². The quantitative estimate of drug-likeness (QED) is 0.930. The molecule has 2 rings (SSSR count). The van der Waals surface area contributed by atoms with Gasteiger partial charge in [-0.1, -0.05) is 18.2 Å². The van der Waals surface area contributed by atoms with Crippen LogP contribution in [-0.4, -0.2) is 20.3 Å². The Hall–Kier alpha value is -2.01. The number of pyridine rings is 1. The summed E-state index contributed by atoms with van der Waals surface area (Å²) in [6, 6.07) is 11.8. The van der Waals surface area contributed by atoms with Crippen LogP contribution < -0.4 is 0 Å². The van der Waals surface area contributed by atoms with Gasteiger partial charge in [-0.15, -0.1) is 0 Å². The summed E-state index contributed by atoms with van der Waals surface area (Å²) in [4.78, 5) is 15.7. The lowest BCUT2D eigenvalue weighted by molar-refractivity contribution is 0.0693. The van der Waals surface area contributed by atoms with Crippen molar-refractivity contribution >= 4 is 16.8 Å². The molecule has 0 aliphatic rings. The minimum Gasteiger partial charge on any atom is -0.478 e. The molecule has 4 nitrogen and oxygen atoms in total. The van der Waals surface area contributed by atoms with Gasteiger partial charge in [-0.05, 0) is 31.2 Å². The van der Waals surface area contributed by atoms with E-state index in [2.05, 4.69) is 4.98 Å². The molecule has 2 aromatic rings. The molecule has 1 unspecified atom stereocenters. The molecule has 0 saturated carbocycles. The number of nitrogens with zero attached hydrogens (tertiary/aromatic N) is 1. The number of carboxylic acid groups (broad SMARTS) is 1. The first-order valence-electron chi connectivity index (χ1n) is 5.71. The third-order valence-corrected chi connectivity index (χ3v) is 3.99. The van der Waals surface area contributed by atoms with Crippen LogP contribution in [0.4, 0.5) is 0 Å². The van der Waals surface area contributed by atoms with Gasteiger partial charge in [-0.2, -0.15) is 0 Å². The third-order valence-electron chi connectivity index (χ3n) is 2.59. The first-order valence-corrected chi connectivity index (χ1v) is 7.03. The molecular formula is C14H13NO3S. The Balaban J connectivity index is 2.28. The molecule has 0 fully saturated rings. The average Bonchev–Trinajstić information content (AvgIpc) is 2.38. The molecule has 19 heavy (non-hydrogen) atoms. The zero-order valence-electron chi connectivity index (χ0n) is 10.4. The van der Waals surface area contributed by atoms with E-state index >= 15 is 0 Å². The highest BCUT2D eigenvalue weighted by Crippen LogP contribution is 2.16. The molecule has 0 aliphatic carbocycles. The van der Waals surface area contributed by atoms with E-state index in [1.807, 2.05) is 19.1 Å². The van der Waals surface area contributed by atoms with Crippen molar-refractivity contribution < 1.29 is 14.1 Å². The van der Waals surface area contributed by atoms with E-state index in [9.17, 15) is 9.00 Å². The van der Waals surface area contributed by atoms with Crippen molar-refractivity contribution in [1.29, 1.82) is 0 Å². The summed E-state index contributed by atoms with van der Waals surface area (Å²) in [6.07, 6.45) is 0. The molecule has 98 valence electrons. The third kappa shape index (κ3) is 3.26. The normalized spacial score (nSPS) is 12.1. The van der Waals surface area contributed by atoms with Gasteiger partial charge in [0.2, 0.25) is 0 Å². The van der Waals surface area contributed by atoms with Crippen LogP contribution in [0.5, 0.6) is 0 Å². The van der Waals surface area contributed by atoms with Crippen LogP contribution in [0.1, 0.15) is 21.7 Å². The molecule has 1 heterocycles. The van der Waals surface area contributed by atoms with Crippen LogP contribution in [-0.2, 0) is 16.6 Å². The van der Waals surface area contributed by atoms with Gasteiger partial charge in [0.1, 0.15) is 0 Å². The predicted molar refractivity (Wildman–Crippen MR) is 72.5 cm³/mol. The van der Waals surface area contributed by atoms with Gasteiger partial charge < -0.3 is 5.11 Å². The first-order chi connectivity index (χ1) is 9.08. The van der Waals surface area contributed by atoms with Gasteiger partial charge in [-0.3, -0.25) is 9.19 Å². The topological polar surface area (TPSA) is 67.3 Å². The van der Waals surface area contributed by atoms with Crippen LogP contribution in [0.3, 0.4) is 0 Å². The van der Waals surface area contributed by atoms with E-state index in [1.54, 1.807) is 24.3 Å². The number of benzene rings is 1. The fourth-order valence-corrected chi connectivity index (χ4v) is 2.95. The highest BCUT2D eigenvalue weighted by atomic mass is 32.2. The van der Waals surface area contributed by atoms with Crippen molar-refractivity contribution in [2.24, 2.45) is 0 Å². The molecule has 1 N–H and O–H groups in total. The minimum absolute atomic E-state index is 0.0773. The summed E-state index contributed by atoms with van der Waals surface area (Å²) < 4.78 is 12.3. The Bertz CT molecular complexity index is 640. The lowest BCUT2D eigenvalue weighted by atomic mass is 10.2. The van der Waals surface area contributed by atoms with Crippen molar-refractivity contribution in [2.75, 3.05) is 0 Å². The lowest BCUT2D eigenvalue weighted by Gasteiger charge is -2.06. The van der Waals surface area contributed by atoms with Crippen LogP contribution in [0.25, 0.3) is 0 Å². The van der Waals surface area contributed by atoms with Crippen molar-refractivity contribution in [2.45, 2.75) is 17.6 Å². The fraction of sp³-hybridized carbons (Fsp3) is 0.143. The smallest absolute Gasteiger partial charge is 0.336 e. The number of aromatic nitrogens is 1. The summed E-state index contributed by atoms with van der Waals surface area (Å²) in [7, 11) is -1.42. The molecule has 1 aromatic heterocycles. The Morgan fingerprint density at radius 3 is 2.63 bits per heavy atom. The van der Waals surface area contributed by atoms with E-state index in [0.717, 1.165) is 5.69 Å². The standard InChI is InChI=1S/C14H13NO3S/c1-10-5-4-6-11(15-10)9-19(18)13-8-3-2-7-12(13)14(16)17/h2-8H,9H2,1H3,(H,16,17). The van der Waals surface area contributed by atoms with E-state index in [1.165, 1.54) is 6.07 Å². The molecule has 0 saturated heterocycles. The summed E-state index contributed by atoms with van der Waals surface area (Å²) in [5.74, 6) is -0.854. The molecule has 0 radical (unpaired) electrons. The largest absolute Gasteiger partial charge is 0.478 e. The van der Waals surface area contributed by atoms with Crippen molar-refractivity contribution in [3.05, 3.63) is 59.4 Å². The predicted octanol–water partition coefficient (Wildman–Crippen LogP) is 2.40. The van der Waals surface area contributed by atoms with Crippen molar-refractivity contribution in [1.82, 2.24) is 4.98 Å². The molecule has 0 spiro atoms. The molecule has 0 amide bonds. The second-order valence-corrected chi connectivity index (χ2v) is 5.48. The summed E-state index contributed by atoms with van der Waals surface area (Å²) in [6.45, 7) is 1.86. The van der Waals surface area contributed by atoms with Gasteiger partial charge in [0, 0.05) is 5.69 Å².